The normalized spacial score (nSPS) is 10.7. The molecular weight excluding hydrogens is 273 g/mol. The molecule has 0 aliphatic rings. The maximum atomic E-state index is 13.1. The van der Waals surface area contributed by atoms with E-state index >= 15 is 0 Å². The third-order valence-corrected chi connectivity index (χ3v) is 2.94. The Morgan fingerprint density at radius 2 is 2.26 bits per heavy atom. The number of aryl methyl sites for hydroxylation is 1. The zero-order valence-corrected chi connectivity index (χ0v) is 10.9. The van der Waals surface area contributed by atoms with Crippen molar-refractivity contribution < 1.29 is 18.8 Å². The fraction of sp³-hybridized carbons (Fsp3) is 0.231. The van der Waals surface area contributed by atoms with Crippen LogP contribution in [0.2, 0.25) is 5.02 Å². The van der Waals surface area contributed by atoms with E-state index in [1.54, 1.807) is 0 Å². The molecule has 1 aromatic heterocycles. The molecule has 0 aliphatic heterocycles. The molecule has 0 amide bonds. The number of hydrogen-bond donors (Lipinski definition) is 1. The van der Waals surface area contributed by atoms with Crippen LogP contribution in [-0.2, 0) is 6.42 Å². The topological polar surface area (TPSA) is 63.3 Å². The second kappa shape index (κ2) is 5.40. The second-order valence-electron chi connectivity index (χ2n) is 4.01. The highest BCUT2D eigenvalue weighted by Crippen LogP contribution is 2.29. The summed E-state index contributed by atoms with van der Waals surface area (Å²) in [6.07, 6.45) is 1.21. The molecule has 19 heavy (non-hydrogen) atoms. The van der Waals surface area contributed by atoms with Crippen LogP contribution in [0.1, 0.15) is 29.5 Å². The zero-order chi connectivity index (χ0) is 14.0. The largest absolute Gasteiger partial charge is 0.477 e. The number of aromatic carboxylic acids is 1. The molecule has 4 nitrogen and oxygen atoms in total. The van der Waals surface area contributed by atoms with Crippen molar-refractivity contribution in [2.45, 2.75) is 19.8 Å². The number of halogens is 2. The Labute approximate surface area is 113 Å². The van der Waals surface area contributed by atoms with E-state index in [4.69, 9.17) is 16.1 Å². The molecule has 100 valence electrons. The van der Waals surface area contributed by atoms with Crippen molar-refractivity contribution >= 4 is 17.6 Å². The van der Waals surface area contributed by atoms with E-state index in [2.05, 4.69) is 5.16 Å². The third kappa shape index (κ3) is 2.61. The highest BCUT2D eigenvalue weighted by Gasteiger charge is 2.23. The number of nitrogens with zero attached hydrogens (tertiary/aromatic N) is 1. The molecular formula is C13H11ClFNO3. The van der Waals surface area contributed by atoms with Gasteiger partial charge in [-0.3, -0.25) is 0 Å². The van der Waals surface area contributed by atoms with E-state index in [0.29, 0.717) is 17.7 Å². The Balaban J connectivity index is 2.55. The molecule has 1 aromatic carbocycles. The average molecular weight is 284 g/mol. The summed E-state index contributed by atoms with van der Waals surface area (Å²) in [4.78, 5) is 11.3. The van der Waals surface area contributed by atoms with Crippen molar-refractivity contribution in [3.05, 3.63) is 40.4 Å². The van der Waals surface area contributed by atoms with Crippen LogP contribution in [0.4, 0.5) is 4.39 Å². The Bertz CT molecular complexity index is 624. The van der Waals surface area contributed by atoms with Gasteiger partial charge in [-0.1, -0.05) is 23.7 Å². The number of aromatic nitrogens is 1. The first-order valence-electron chi connectivity index (χ1n) is 5.71. The van der Waals surface area contributed by atoms with Gasteiger partial charge >= 0.3 is 5.97 Å². The van der Waals surface area contributed by atoms with Crippen LogP contribution in [0.15, 0.2) is 22.7 Å². The maximum absolute atomic E-state index is 13.1. The van der Waals surface area contributed by atoms with Crippen LogP contribution in [0.25, 0.3) is 11.3 Å². The third-order valence-electron chi connectivity index (χ3n) is 2.65. The molecule has 0 aliphatic carbocycles. The van der Waals surface area contributed by atoms with Gasteiger partial charge < -0.3 is 9.63 Å². The minimum absolute atomic E-state index is 0.00419. The van der Waals surface area contributed by atoms with Gasteiger partial charge in [0.2, 0.25) is 0 Å². The van der Waals surface area contributed by atoms with Crippen LogP contribution >= 0.6 is 11.6 Å². The summed E-state index contributed by atoms with van der Waals surface area (Å²) in [5, 5.41) is 12.9. The molecule has 0 spiro atoms. The van der Waals surface area contributed by atoms with Gasteiger partial charge in [-0.2, -0.15) is 0 Å². The molecule has 0 radical (unpaired) electrons. The SMILES string of the molecule is CCCc1onc(-c2ccc(F)c(Cl)c2)c1C(=O)O. The molecule has 0 fully saturated rings. The van der Waals surface area contributed by atoms with E-state index in [1.165, 1.54) is 12.1 Å². The zero-order valence-electron chi connectivity index (χ0n) is 10.1. The quantitative estimate of drug-likeness (QED) is 0.927. The molecule has 1 N–H and O–H groups in total. The van der Waals surface area contributed by atoms with E-state index < -0.39 is 11.8 Å². The van der Waals surface area contributed by atoms with Crippen molar-refractivity contribution in [3.8, 4) is 11.3 Å². The van der Waals surface area contributed by atoms with Gasteiger partial charge in [0.25, 0.3) is 0 Å². The summed E-state index contributed by atoms with van der Waals surface area (Å²) >= 11 is 5.68. The average Bonchev–Trinajstić information content (AvgIpc) is 2.77. The van der Waals surface area contributed by atoms with E-state index in [1.807, 2.05) is 6.92 Å². The summed E-state index contributed by atoms with van der Waals surface area (Å²) in [5.41, 5.74) is 0.581. The Morgan fingerprint density at radius 1 is 1.53 bits per heavy atom. The van der Waals surface area contributed by atoms with Gasteiger partial charge in [0.15, 0.2) is 5.76 Å². The van der Waals surface area contributed by atoms with E-state index in [9.17, 15) is 14.3 Å². The highest BCUT2D eigenvalue weighted by molar-refractivity contribution is 6.31. The molecule has 6 heteroatoms. The predicted octanol–water partition coefficient (Wildman–Crippen LogP) is 3.78. The summed E-state index contributed by atoms with van der Waals surface area (Å²) in [6, 6.07) is 3.91. The van der Waals surface area contributed by atoms with Crippen molar-refractivity contribution in [2.24, 2.45) is 0 Å². The van der Waals surface area contributed by atoms with Crippen LogP contribution in [0.3, 0.4) is 0 Å². The summed E-state index contributed by atoms with van der Waals surface area (Å²) in [5.74, 6) is -1.38. The number of carbonyl (C=O) groups is 1. The van der Waals surface area contributed by atoms with Gasteiger partial charge in [0.1, 0.15) is 17.1 Å². The first-order chi connectivity index (χ1) is 9.04. The monoisotopic (exact) mass is 283 g/mol. The first kappa shape index (κ1) is 13.5. The minimum atomic E-state index is -1.12. The van der Waals surface area contributed by atoms with Crippen LogP contribution in [-0.4, -0.2) is 16.2 Å². The fourth-order valence-electron chi connectivity index (χ4n) is 1.78. The lowest BCUT2D eigenvalue weighted by molar-refractivity contribution is 0.0695. The van der Waals surface area contributed by atoms with E-state index in [-0.39, 0.29) is 16.3 Å². The molecule has 0 bridgehead atoms. The summed E-state index contributed by atoms with van der Waals surface area (Å²) in [7, 11) is 0. The minimum Gasteiger partial charge on any atom is -0.477 e. The molecule has 0 atom stereocenters. The van der Waals surface area contributed by atoms with Gasteiger partial charge in [-0.15, -0.1) is 0 Å². The lowest BCUT2D eigenvalue weighted by Crippen LogP contribution is -2.01. The summed E-state index contributed by atoms with van der Waals surface area (Å²) in [6.45, 7) is 1.91. The second-order valence-corrected chi connectivity index (χ2v) is 4.42. The van der Waals surface area contributed by atoms with Gasteiger partial charge in [0.05, 0.1) is 5.02 Å². The standard InChI is InChI=1S/C13H11ClFNO3/c1-2-3-10-11(13(17)18)12(16-19-10)7-4-5-9(15)8(14)6-7/h4-6H,2-3H2,1H3,(H,17,18). The van der Waals surface area contributed by atoms with Gasteiger partial charge in [-0.25, -0.2) is 9.18 Å². The molecule has 0 saturated heterocycles. The number of carboxylic acid groups (broad SMARTS) is 1. The molecule has 0 saturated carbocycles. The fourth-order valence-corrected chi connectivity index (χ4v) is 1.96. The molecule has 2 rings (SSSR count). The Morgan fingerprint density at radius 3 is 2.84 bits per heavy atom. The number of hydrogen-bond acceptors (Lipinski definition) is 3. The van der Waals surface area contributed by atoms with Crippen LogP contribution in [0.5, 0.6) is 0 Å². The maximum Gasteiger partial charge on any atom is 0.341 e. The van der Waals surface area contributed by atoms with Crippen molar-refractivity contribution in [1.29, 1.82) is 0 Å². The predicted molar refractivity (Wildman–Crippen MR) is 67.9 cm³/mol. The smallest absolute Gasteiger partial charge is 0.341 e. The van der Waals surface area contributed by atoms with Gasteiger partial charge in [0, 0.05) is 12.0 Å². The van der Waals surface area contributed by atoms with Crippen molar-refractivity contribution in [1.82, 2.24) is 5.16 Å². The number of benzene rings is 1. The lowest BCUT2D eigenvalue weighted by Gasteiger charge is -2.00. The van der Waals surface area contributed by atoms with Crippen molar-refractivity contribution in [2.75, 3.05) is 0 Å². The first-order valence-corrected chi connectivity index (χ1v) is 6.09. The van der Waals surface area contributed by atoms with Crippen molar-refractivity contribution in [3.63, 3.8) is 0 Å². The molecule has 0 unspecified atom stereocenters. The lowest BCUT2D eigenvalue weighted by atomic mass is 10.0. The summed E-state index contributed by atoms with van der Waals surface area (Å²) < 4.78 is 18.2. The van der Waals surface area contributed by atoms with Crippen LogP contribution < -0.4 is 0 Å². The number of rotatable bonds is 4. The Hall–Kier alpha value is -1.88. The highest BCUT2D eigenvalue weighted by atomic mass is 35.5. The van der Waals surface area contributed by atoms with Gasteiger partial charge in [-0.05, 0) is 24.6 Å². The Kier molecular flexibility index (Phi) is 3.85. The molecule has 2 aromatic rings. The molecule has 1 heterocycles. The van der Waals surface area contributed by atoms with E-state index in [0.717, 1.165) is 12.5 Å². The number of carboxylic acids is 1. The van der Waals surface area contributed by atoms with Crippen LogP contribution in [0, 0.1) is 5.82 Å².